The van der Waals surface area contributed by atoms with E-state index in [2.05, 4.69) is 20.6 Å². The lowest BCUT2D eigenvalue weighted by Crippen LogP contribution is -1.95. The van der Waals surface area contributed by atoms with Crippen molar-refractivity contribution in [3.8, 4) is 22.5 Å². The molecule has 0 unspecified atom stereocenters. The molecule has 0 aliphatic rings. The summed E-state index contributed by atoms with van der Waals surface area (Å²) >= 11 is 0. The summed E-state index contributed by atoms with van der Waals surface area (Å²) < 4.78 is 0. The molecule has 19 heavy (non-hydrogen) atoms. The van der Waals surface area contributed by atoms with Gasteiger partial charge in [-0.05, 0) is 27.1 Å². The average molecular weight is 252 g/mol. The second-order valence-corrected chi connectivity index (χ2v) is 4.11. The highest BCUT2D eigenvalue weighted by atomic mass is 16.3. The number of tetrazole rings is 1. The molecule has 0 saturated carbocycles. The molecule has 2 N–H and O–H groups in total. The summed E-state index contributed by atoms with van der Waals surface area (Å²) in [6, 6.07) is 15.7. The lowest BCUT2D eigenvalue weighted by Gasteiger charge is -2.11. The Labute approximate surface area is 109 Å². The van der Waals surface area contributed by atoms with Gasteiger partial charge in [0.25, 0.3) is 0 Å². The van der Waals surface area contributed by atoms with E-state index in [1.165, 1.54) is 0 Å². The number of nitrogens with zero attached hydrogens (tertiary/aromatic N) is 3. The van der Waals surface area contributed by atoms with E-state index in [0.29, 0.717) is 5.82 Å². The van der Waals surface area contributed by atoms with E-state index >= 15 is 0 Å². The minimum atomic E-state index is -0.0588. The maximum absolute atomic E-state index is 9.51. The van der Waals surface area contributed by atoms with Crippen LogP contribution in [0.2, 0.25) is 0 Å². The van der Waals surface area contributed by atoms with Gasteiger partial charge >= 0.3 is 0 Å². The van der Waals surface area contributed by atoms with Crippen molar-refractivity contribution in [2.45, 2.75) is 6.61 Å². The largest absolute Gasteiger partial charge is 0.392 e. The predicted molar refractivity (Wildman–Crippen MR) is 71.0 cm³/mol. The van der Waals surface area contributed by atoms with Crippen LogP contribution < -0.4 is 0 Å². The highest BCUT2D eigenvalue weighted by Crippen LogP contribution is 2.32. The van der Waals surface area contributed by atoms with Gasteiger partial charge in [0.1, 0.15) is 0 Å². The van der Waals surface area contributed by atoms with Crippen LogP contribution in [0, 0.1) is 0 Å². The molecule has 0 aliphatic heterocycles. The highest BCUT2D eigenvalue weighted by molar-refractivity contribution is 5.82. The zero-order valence-electron chi connectivity index (χ0n) is 10.1. The standard InChI is InChI=1S/C14H12N4O/c19-9-11-7-4-8-12(10-5-2-1-3-6-10)13(11)14-15-17-18-16-14/h1-8,19H,9H2,(H,15,16,17,18). The quantitative estimate of drug-likeness (QED) is 0.748. The molecule has 5 heteroatoms. The van der Waals surface area contributed by atoms with E-state index in [-0.39, 0.29) is 6.61 Å². The van der Waals surface area contributed by atoms with E-state index in [1.54, 1.807) is 0 Å². The number of aliphatic hydroxyl groups excluding tert-OH is 1. The maximum atomic E-state index is 9.51. The molecule has 3 rings (SSSR count). The van der Waals surface area contributed by atoms with Gasteiger partial charge in [-0.15, -0.1) is 5.10 Å². The van der Waals surface area contributed by atoms with Gasteiger partial charge in [0.15, 0.2) is 5.82 Å². The van der Waals surface area contributed by atoms with Crippen molar-refractivity contribution in [1.82, 2.24) is 20.6 Å². The third-order valence-corrected chi connectivity index (χ3v) is 2.99. The molecule has 0 fully saturated rings. The number of hydrogen-bond donors (Lipinski definition) is 2. The summed E-state index contributed by atoms with van der Waals surface area (Å²) in [6.45, 7) is -0.0588. The highest BCUT2D eigenvalue weighted by Gasteiger charge is 2.14. The summed E-state index contributed by atoms with van der Waals surface area (Å²) in [5.74, 6) is 0.559. The van der Waals surface area contributed by atoms with E-state index in [4.69, 9.17) is 0 Å². The molecule has 0 amide bonds. The molecular formula is C14H12N4O. The molecule has 1 heterocycles. The van der Waals surface area contributed by atoms with Crippen LogP contribution in [-0.4, -0.2) is 25.7 Å². The molecule has 0 bridgehead atoms. The summed E-state index contributed by atoms with van der Waals surface area (Å²) in [5.41, 5.74) is 3.68. The Morgan fingerprint density at radius 2 is 1.84 bits per heavy atom. The van der Waals surface area contributed by atoms with E-state index < -0.39 is 0 Å². The van der Waals surface area contributed by atoms with Crippen molar-refractivity contribution in [2.75, 3.05) is 0 Å². The van der Waals surface area contributed by atoms with Crippen LogP contribution in [0.15, 0.2) is 48.5 Å². The fourth-order valence-electron chi connectivity index (χ4n) is 2.13. The Hall–Kier alpha value is -2.53. The van der Waals surface area contributed by atoms with Gasteiger partial charge in [0.2, 0.25) is 0 Å². The molecule has 5 nitrogen and oxygen atoms in total. The fraction of sp³-hybridized carbons (Fsp3) is 0.0714. The number of nitrogens with one attached hydrogen (secondary N) is 1. The number of hydrogen-bond acceptors (Lipinski definition) is 4. The lowest BCUT2D eigenvalue weighted by atomic mass is 9.95. The van der Waals surface area contributed by atoms with Gasteiger partial charge in [-0.25, -0.2) is 5.10 Å². The van der Waals surface area contributed by atoms with Crippen molar-refractivity contribution in [3.63, 3.8) is 0 Å². The maximum Gasteiger partial charge on any atom is 0.180 e. The first-order valence-corrected chi connectivity index (χ1v) is 5.92. The minimum absolute atomic E-state index is 0.0588. The number of H-pyrrole nitrogens is 1. The van der Waals surface area contributed by atoms with Crippen molar-refractivity contribution >= 4 is 0 Å². The van der Waals surface area contributed by atoms with Crippen molar-refractivity contribution < 1.29 is 5.11 Å². The number of aromatic nitrogens is 4. The Morgan fingerprint density at radius 1 is 1.00 bits per heavy atom. The first-order chi connectivity index (χ1) is 9.40. The van der Waals surface area contributed by atoms with Crippen LogP contribution in [0.4, 0.5) is 0 Å². The molecule has 0 saturated heterocycles. The van der Waals surface area contributed by atoms with Gasteiger partial charge in [-0.3, -0.25) is 0 Å². The van der Waals surface area contributed by atoms with Gasteiger partial charge in [0, 0.05) is 5.56 Å². The molecule has 0 spiro atoms. The summed E-state index contributed by atoms with van der Waals surface area (Å²) in [7, 11) is 0. The van der Waals surface area contributed by atoms with Crippen LogP contribution in [0.1, 0.15) is 5.56 Å². The second-order valence-electron chi connectivity index (χ2n) is 4.11. The van der Waals surface area contributed by atoms with Crippen LogP contribution in [0.3, 0.4) is 0 Å². The summed E-state index contributed by atoms with van der Waals surface area (Å²) in [5, 5.41) is 23.4. The SMILES string of the molecule is OCc1cccc(-c2ccccc2)c1-c1nnn[nH]1. The van der Waals surface area contributed by atoms with E-state index in [9.17, 15) is 5.11 Å². The third-order valence-electron chi connectivity index (χ3n) is 2.99. The zero-order chi connectivity index (χ0) is 13.1. The number of aromatic amines is 1. The van der Waals surface area contributed by atoms with Crippen LogP contribution >= 0.6 is 0 Å². The van der Waals surface area contributed by atoms with E-state index in [1.807, 2.05) is 48.5 Å². The lowest BCUT2D eigenvalue weighted by molar-refractivity contribution is 0.282. The Bertz CT molecular complexity index is 665. The molecule has 94 valence electrons. The van der Waals surface area contributed by atoms with Crippen molar-refractivity contribution in [3.05, 3.63) is 54.1 Å². The monoisotopic (exact) mass is 252 g/mol. The topological polar surface area (TPSA) is 74.7 Å². The Kier molecular flexibility index (Phi) is 3.04. The molecule has 2 aromatic carbocycles. The minimum Gasteiger partial charge on any atom is -0.392 e. The second kappa shape index (κ2) is 4.99. The predicted octanol–water partition coefficient (Wildman–Crippen LogP) is 2.03. The first-order valence-electron chi connectivity index (χ1n) is 5.92. The third kappa shape index (κ3) is 2.11. The van der Waals surface area contributed by atoms with Gasteiger partial charge < -0.3 is 5.11 Å². The first kappa shape index (κ1) is 11.6. The van der Waals surface area contributed by atoms with Crippen LogP contribution in [-0.2, 0) is 6.61 Å². The normalized spacial score (nSPS) is 10.6. The molecule has 0 radical (unpaired) electrons. The number of rotatable bonds is 3. The smallest absolute Gasteiger partial charge is 0.180 e. The van der Waals surface area contributed by atoms with Crippen molar-refractivity contribution in [2.24, 2.45) is 0 Å². The van der Waals surface area contributed by atoms with Gasteiger partial charge in [-0.1, -0.05) is 48.5 Å². The molecule has 1 aromatic heterocycles. The summed E-state index contributed by atoms with van der Waals surface area (Å²) in [6.07, 6.45) is 0. The molecule has 0 atom stereocenters. The van der Waals surface area contributed by atoms with Gasteiger partial charge in [-0.2, -0.15) is 0 Å². The zero-order valence-corrected chi connectivity index (χ0v) is 10.1. The average Bonchev–Trinajstić information content (AvgIpc) is 3.01. The Morgan fingerprint density at radius 3 is 2.53 bits per heavy atom. The fourth-order valence-corrected chi connectivity index (χ4v) is 2.13. The van der Waals surface area contributed by atoms with Crippen molar-refractivity contribution in [1.29, 1.82) is 0 Å². The van der Waals surface area contributed by atoms with E-state index in [0.717, 1.165) is 22.3 Å². The Balaban J connectivity index is 2.25. The summed E-state index contributed by atoms with van der Waals surface area (Å²) in [4.78, 5) is 0. The molecule has 0 aliphatic carbocycles. The molecule has 3 aromatic rings. The van der Waals surface area contributed by atoms with Gasteiger partial charge in [0.05, 0.1) is 6.61 Å². The van der Waals surface area contributed by atoms with Crippen LogP contribution in [0.5, 0.6) is 0 Å². The molecular weight excluding hydrogens is 240 g/mol. The van der Waals surface area contributed by atoms with Crippen LogP contribution in [0.25, 0.3) is 22.5 Å². The number of aliphatic hydroxyl groups is 1. The number of benzene rings is 2.